The van der Waals surface area contributed by atoms with Crippen molar-refractivity contribution in [2.45, 2.75) is 0 Å². The van der Waals surface area contributed by atoms with Crippen molar-refractivity contribution in [3.63, 3.8) is 0 Å². The van der Waals surface area contributed by atoms with Crippen LogP contribution in [0.15, 0.2) is 211 Å². The molecule has 0 aliphatic carbocycles. The quantitative estimate of drug-likeness (QED) is 0.125. The largest absolute Gasteiger partial charge is 0.456 e. The molecule has 6 heteroatoms. The van der Waals surface area contributed by atoms with Crippen molar-refractivity contribution in [3.05, 3.63) is 207 Å². The van der Waals surface area contributed by atoms with E-state index in [1.807, 2.05) is 18.5 Å². The first kappa shape index (κ1) is 32.7. The Morgan fingerprint density at radius 2 is 0.862 bits per heavy atom. The summed E-state index contributed by atoms with van der Waals surface area (Å²) in [6.45, 7) is 0. The summed E-state index contributed by atoms with van der Waals surface area (Å²) in [4.78, 5) is 10.8. The Kier molecular flexibility index (Phi) is 7.18. The Hall–Kier alpha value is -7.54. The van der Waals surface area contributed by atoms with Gasteiger partial charge in [0.25, 0.3) is 0 Å². The molecular formula is C52H34N4OSi. The molecule has 0 unspecified atom stereocenters. The molecule has 0 aliphatic rings. The number of furan rings is 1. The van der Waals surface area contributed by atoms with Crippen molar-refractivity contribution in [2.75, 3.05) is 0 Å². The van der Waals surface area contributed by atoms with Gasteiger partial charge in [-0.15, -0.1) is 0 Å². The minimum atomic E-state index is -3.15. The lowest BCUT2D eigenvalue weighted by Gasteiger charge is -2.32. The third kappa shape index (κ3) is 4.63. The zero-order valence-electron chi connectivity index (χ0n) is 31.3. The lowest BCUT2D eigenvalue weighted by molar-refractivity contribution is 0.671. The molecule has 0 atom stereocenters. The molecule has 4 aromatic heterocycles. The van der Waals surface area contributed by atoms with Gasteiger partial charge in [0.2, 0.25) is 8.07 Å². The van der Waals surface area contributed by atoms with E-state index in [0.29, 0.717) is 0 Å². The second-order valence-corrected chi connectivity index (χ2v) is 18.6. The standard InChI is InChI=1S/C52H34N4OSi/c1-3-16-37(17-4-1)58(38-18-5-2-6-19-38,50-29-15-24-43-42-23-10-14-28-49(42)57-51(43)50)52-53-33-36(34-54-52)56-47-27-13-9-22-41(47)44-32-35(30-31-48(44)56)55-45-25-11-7-20-39(45)40-21-8-12-26-46(40)55/h1-34H. The predicted molar refractivity (Wildman–Crippen MR) is 242 cm³/mol. The molecule has 0 bridgehead atoms. The maximum atomic E-state index is 6.79. The maximum Gasteiger partial charge on any atom is 0.229 e. The van der Waals surface area contributed by atoms with Crippen molar-refractivity contribution in [1.82, 2.24) is 19.1 Å². The highest BCUT2D eigenvalue weighted by Crippen LogP contribution is 2.37. The minimum absolute atomic E-state index is 0.802. The van der Waals surface area contributed by atoms with Gasteiger partial charge in [-0.3, -0.25) is 0 Å². The molecule has 0 saturated heterocycles. The summed E-state index contributed by atoms with van der Waals surface area (Å²) in [5, 5.41) is 10.6. The van der Waals surface area contributed by atoms with Gasteiger partial charge in [0, 0.05) is 43.2 Å². The molecule has 0 aliphatic heterocycles. The molecule has 0 N–H and O–H groups in total. The van der Waals surface area contributed by atoms with Crippen LogP contribution >= 0.6 is 0 Å². The summed E-state index contributed by atoms with van der Waals surface area (Å²) in [7, 11) is -3.15. The van der Waals surface area contributed by atoms with Crippen molar-refractivity contribution in [2.24, 2.45) is 0 Å². The van der Waals surface area contributed by atoms with E-state index in [1.54, 1.807) is 0 Å². The fourth-order valence-corrected chi connectivity index (χ4v) is 14.0. The molecule has 0 saturated carbocycles. The van der Waals surface area contributed by atoms with Crippen LogP contribution in [0, 0.1) is 0 Å². The first-order chi connectivity index (χ1) is 28.8. The molecule has 4 heterocycles. The number of hydrogen-bond acceptors (Lipinski definition) is 3. The number of rotatable bonds is 6. The highest BCUT2D eigenvalue weighted by molar-refractivity contribution is 7.20. The molecule has 8 aromatic carbocycles. The normalized spacial score (nSPS) is 12.1. The first-order valence-electron chi connectivity index (χ1n) is 19.7. The van der Waals surface area contributed by atoms with Crippen LogP contribution in [0.3, 0.4) is 0 Å². The third-order valence-corrected chi connectivity index (χ3v) is 16.5. The molecule has 12 aromatic rings. The zero-order chi connectivity index (χ0) is 38.2. The summed E-state index contributed by atoms with van der Waals surface area (Å²) in [6.07, 6.45) is 4.03. The van der Waals surface area contributed by atoms with E-state index >= 15 is 0 Å². The first-order valence-corrected chi connectivity index (χ1v) is 21.7. The summed E-state index contributed by atoms with van der Waals surface area (Å²) in [6, 6.07) is 69.2. The Morgan fingerprint density at radius 3 is 1.48 bits per heavy atom. The molecular weight excluding hydrogens is 725 g/mol. The van der Waals surface area contributed by atoms with E-state index in [1.165, 1.54) is 43.0 Å². The average molecular weight is 759 g/mol. The van der Waals surface area contributed by atoms with Gasteiger partial charge in [-0.05, 0) is 52.8 Å². The summed E-state index contributed by atoms with van der Waals surface area (Å²) < 4.78 is 11.5. The number of benzene rings is 8. The van der Waals surface area contributed by atoms with E-state index in [9.17, 15) is 0 Å². The summed E-state index contributed by atoms with van der Waals surface area (Å²) >= 11 is 0. The predicted octanol–water partition coefficient (Wildman–Crippen LogP) is 9.95. The van der Waals surface area contributed by atoms with Gasteiger partial charge < -0.3 is 13.6 Å². The fourth-order valence-electron chi connectivity index (χ4n) is 9.48. The van der Waals surface area contributed by atoms with Gasteiger partial charge in [-0.1, -0.05) is 152 Å². The number of para-hydroxylation sites is 5. The van der Waals surface area contributed by atoms with Crippen molar-refractivity contribution < 1.29 is 4.42 Å². The molecule has 58 heavy (non-hydrogen) atoms. The zero-order valence-corrected chi connectivity index (χ0v) is 32.3. The average Bonchev–Trinajstić information content (AvgIpc) is 3.96. The Bertz CT molecular complexity index is 3420. The molecule has 5 nitrogen and oxygen atoms in total. The summed E-state index contributed by atoms with van der Waals surface area (Å²) in [5.41, 5.74) is 9.19. The van der Waals surface area contributed by atoms with Crippen molar-refractivity contribution >= 4 is 94.6 Å². The fraction of sp³-hybridized carbons (Fsp3) is 0. The van der Waals surface area contributed by atoms with Crippen LogP contribution in [-0.2, 0) is 0 Å². The van der Waals surface area contributed by atoms with Crippen LogP contribution in [-0.4, -0.2) is 27.2 Å². The number of hydrogen-bond donors (Lipinski definition) is 0. The van der Waals surface area contributed by atoms with Crippen LogP contribution in [0.5, 0.6) is 0 Å². The van der Waals surface area contributed by atoms with Gasteiger partial charge >= 0.3 is 0 Å². The van der Waals surface area contributed by atoms with E-state index in [-0.39, 0.29) is 0 Å². The highest BCUT2D eigenvalue weighted by Gasteiger charge is 2.46. The lowest BCUT2D eigenvalue weighted by Crippen LogP contribution is -2.76. The van der Waals surface area contributed by atoms with E-state index in [4.69, 9.17) is 14.4 Å². The molecule has 12 rings (SSSR count). The monoisotopic (exact) mass is 758 g/mol. The van der Waals surface area contributed by atoms with Crippen LogP contribution < -0.4 is 21.0 Å². The van der Waals surface area contributed by atoms with Crippen molar-refractivity contribution in [3.8, 4) is 11.4 Å². The van der Waals surface area contributed by atoms with E-state index in [0.717, 1.165) is 55.0 Å². The molecule has 0 amide bonds. The summed E-state index contributed by atoms with van der Waals surface area (Å²) in [5.74, 6) is 0. The minimum Gasteiger partial charge on any atom is -0.456 e. The van der Waals surface area contributed by atoms with Gasteiger partial charge in [-0.25, -0.2) is 9.97 Å². The van der Waals surface area contributed by atoms with Crippen LogP contribution in [0.1, 0.15) is 0 Å². The Labute approximate surface area is 334 Å². The SMILES string of the molecule is c1ccc([Si](c2ccccc2)(c2ncc(-n3c4ccccc4c4cc(-n5c6ccccc6c6ccccc65)ccc43)cn2)c2cccc3c2oc2ccccc23)cc1. The van der Waals surface area contributed by atoms with Gasteiger partial charge in [0.05, 0.1) is 40.1 Å². The van der Waals surface area contributed by atoms with Crippen LogP contribution in [0.4, 0.5) is 0 Å². The van der Waals surface area contributed by atoms with Gasteiger partial charge in [-0.2, -0.15) is 0 Å². The molecule has 0 spiro atoms. The third-order valence-electron chi connectivity index (χ3n) is 11.9. The van der Waals surface area contributed by atoms with E-state index < -0.39 is 8.07 Å². The topological polar surface area (TPSA) is 48.8 Å². The van der Waals surface area contributed by atoms with Gasteiger partial charge in [0.15, 0.2) is 0 Å². The van der Waals surface area contributed by atoms with Gasteiger partial charge in [0.1, 0.15) is 16.6 Å². The lowest BCUT2D eigenvalue weighted by atomic mass is 10.1. The highest BCUT2D eigenvalue weighted by atomic mass is 28.3. The molecule has 0 radical (unpaired) electrons. The Balaban J connectivity index is 1.08. The van der Waals surface area contributed by atoms with Crippen LogP contribution in [0.25, 0.3) is 76.9 Å². The van der Waals surface area contributed by atoms with Crippen molar-refractivity contribution in [1.29, 1.82) is 0 Å². The second-order valence-electron chi connectivity index (χ2n) is 15.0. The van der Waals surface area contributed by atoms with Crippen LogP contribution in [0.2, 0.25) is 0 Å². The number of aromatic nitrogens is 4. The second kappa shape index (κ2) is 12.7. The Morgan fingerprint density at radius 1 is 0.379 bits per heavy atom. The molecule has 0 fully saturated rings. The number of fused-ring (bicyclic) bond motifs is 9. The van der Waals surface area contributed by atoms with E-state index in [2.05, 4.69) is 197 Å². The maximum absolute atomic E-state index is 6.79. The smallest absolute Gasteiger partial charge is 0.229 e. The number of nitrogens with zero attached hydrogens (tertiary/aromatic N) is 4. The molecule has 272 valence electrons.